The fourth-order valence-electron chi connectivity index (χ4n) is 1.67. The summed E-state index contributed by atoms with van der Waals surface area (Å²) in [6.45, 7) is 8.42. The maximum absolute atomic E-state index is 10.0. The fourth-order valence-corrected chi connectivity index (χ4v) is 1.67. The van der Waals surface area contributed by atoms with Crippen LogP contribution < -0.4 is 14.8 Å². The first-order chi connectivity index (χ1) is 8.72. The Kier molecular flexibility index (Phi) is 6.54. The van der Waals surface area contributed by atoms with Gasteiger partial charge in [-0.2, -0.15) is 0 Å². The number of hydrogen-bond acceptors (Lipinski definition) is 4. The maximum Gasteiger partial charge on any atom is 0.161 e. The van der Waals surface area contributed by atoms with Gasteiger partial charge in [0.2, 0.25) is 0 Å². The van der Waals surface area contributed by atoms with E-state index in [1.54, 1.807) is 0 Å². The van der Waals surface area contributed by atoms with Crippen molar-refractivity contribution in [1.29, 1.82) is 0 Å². The molecule has 102 valence electrons. The van der Waals surface area contributed by atoms with Crippen LogP contribution in [0.15, 0.2) is 18.2 Å². The van der Waals surface area contributed by atoms with E-state index in [1.165, 1.54) is 0 Å². The van der Waals surface area contributed by atoms with Crippen molar-refractivity contribution in [2.45, 2.75) is 26.9 Å². The number of benzene rings is 1. The van der Waals surface area contributed by atoms with E-state index in [1.807, 2.05) is 39.0 Å². The quantitative estimate of drug-likeness (QED) is 0.745. The zero-order valence-electron chi connectivity index (χ0n) is 11.4. The van der Waals surface area contributed by atoms with Gasteiger partial charge in [0, 0.05) is 6.54 Å². The van der Waals surface area contributed by atoms with Gasteiger partial charge in [-0.25, -0.2) is 0 Å². The van der Waals surface area contributed by atoms with Crippen LogP contribution in [0, 0.1) is 0 Å². The molecule has 0 heterocycles. The lowest BCUT2D eigenvalue weighted by Gasteiger charge is -2.15. The molecule has 0 amide bonds. The highest BCUT2D eigenvalue weighted by Gasteiger charge is 2.11. The molecule has 1 atom stereocenters. The van der Waals surface area contributed by atoms with E-state index in [2.05, 4.69) is 5.32 Å². The highest BCUT2D eigenvalue weighted by Crippen LogP contribution is 2.30. The minimum absolute atomic E-state index is 0.528. The largest absolute Gasteiger partial charge is 0.490 e. The molecular formula is C14H23NO3. The Labute approximate surface area is 109 Å². The van der Waals surface area contributed by atoms with Crippen molar-refractivity contribution in [2.24, 2.45) is 0 Å². The molecule has 0 aliphatic carbocycles. The summed E-state index contributed by atoms with van der Waals surface area (Å²) < 4.78 is 11.0. The van der Waals surface area contributed by atoms with Crippen molar-refractivity contribution in [3.05, 3.63) is 23.8 Å². The Bertz CT molecular complexity index is 355. The summed E-state index contributed by atoms with van der Waals surface area (Å²) in [4.78, 5) is 0. The van der Waals surface area contributed by atoms with Crippen molar-refractivity contribution in [3.63, 3.8) is 0 Å². The van der Waals surface area contributed by atoms with Crippen LogP contribution in [0.2, 0.25) is 0 Å². The second kappa shape index (κ2) is 7.95. The molecule has 1 rings (SSSR count). The number of nitrogens with one attached hydrogen (secondary N) is 1. The zero-order chi connectivity index (χ0) is 13.4. The van der Waals surface area contributed by atoms with Gasteiger partial charge >= 0.3 is 0 Å². The van der Waals surface area contributed by atoms with Crippen molar-refractivity contribution in [1.82, 2.24) is 5.32 Å². The average molecular weight is 253 g/mol. The molecule has 0 fully saturated rings. The monoisotopic (exact) mass is 253 g/mol. The molecular weight excluding hydrogens is 230 g/mol. The molecule has 0 radical (unpaired) electrons. The van der Waals surface area contributed by atoms with Crippen LogP contribution >= 0.6 is 0 Å². The normalized spacial score (nSPS) is 12.2. The molecule has 0 bridgehead atoms. The Morgan fingerprint density at radius 1 is 1.11 bits per heavy atom. The lowest BCUT2D eigenvalue weighted by molar-refractivity contribution is 0.174. The van der Waals surface area contributed by atoms with Gasteiger partial charge < -0.3 is 19.9 Å². The van der Waals surface area contributed by atoms with Gasteiger partial charge in [0.25, 0.3) is 0 Å². The smallest absolute Gasteiger partial charge is 0.161 e. The third-order valence-corrected chi connectivity index (χ3v) is 2.54. The van der Waals surface area contributed by atoms with Crippen LogP contribution in [0.25, 0.3) is 0 Å². The lowest BCUT2D eigenvalue weighted by Crippen LogP contribution is -2.20. The molecule has 0 spiro atoms. The SMILES string of the molecule is CCNCC(O)c1ccc(OCC)c(OCC)c1. The minimum Gasteiger partial charge on any atom is -0.490 e. The van der Waals surface area contributed by atoms with Crippen LogP contribution in [-0.2, 0) is 0 Å². The second-order valence-electron chi connectivity index (χ2n) is 3.90. The van der Waals surface area contributed by atoms with Crippen LogP contribution in [0.3, 0.4) is 0 Å². The van der Waals surface area contributed by atoms with Crippen molar-refractivity contribution < 1.29 is 14.6 Å². The van der Waals surface area contributed by atoms with Crippen LogP contribution in [0.4, 0.5) is 0 Å². The molecule has 4 nitrogen and oxygen atoms in total. The van der Waals surface area contributed by atoms with Crippen LogP contribution in [0.5, 0.6) is 11.5 Å². The number of ether oxygens (including phenoxy) is 2. The third-order valence-electron chi connectivity index (χ3n) is 2.54. The first-order valence-corrected chi connectivity index (χ1v) is 6.51. The van der Waals surface area contributed by atoms with Crippen LogP contribution in [0.1, 0.15) is 32.4 Å². The Hall–Kier alpha value is -1.26. The summed E-state index contributed by atoms with van der Waals surface area (Å²) in [6, 6.07) is 5.56. The average Bonchev–Trinajstić information content (AvgIpc) is 2.38. The molecule has 0 aliphatic heterocycles. The summed E-state index contributed by atoms with van der Waals surface area (Å²) in [5.41, 5.74) is 0.836. The van der Waals surface area contributed by atoms with Gasteiger partial charge in [-0.1, -0.05) is 13.0 Å². The molecule has 0 aromatic heterocycles. The lowest BCUT2D eigenvalue weighted by atomic mass is 10.1. The summed E-state index contributed by atoms with van der Waals surface area (Å²) in [7, 11) is 0. The topological polar surface area (TPSA) is 50.7 Å². The van der Waals surface area contributed by atoms with Gasteiger partial charge in [-0.15, -0.1) is 0 Å². The number of aliphatic hydroxyl groups excluding tert-OH is 1. The summed E-state index contributed by atoms with van der Waals surface area (Å²) in [6.07, 6.45) is -0.528. The van der Waals surface area contributed by atoms with E-state index in [4.69, 9.17) is 9.47 Å². The number of likely N-dealkylation sites (N-methyl/N-ethyl adjacent to an activating group) is 1. The van der Waals surface area contributed by atoms with E-state index in [-0.39, 0.29) is 0 Å². The van der Waals surface area contributed by atoms with E-state index < -0.39 is 6.10 Å². The third kappa shape index (κ3) is 4.20. The molecule has 1 aromatic rings. The summed E-state index contributed by atoms with van der Waals surface area (Å²) in [5, 5.41) is 13.1. The van der Waals surface area contributed by atoms with Crippen molar-refractivity contribution in [2.75, 3.05) is 26.3 Å². The zero-order valence-corrected chi connectivity index (χ0v) is 11.4. The van der Waals surface area contributed by atoms with Gasteiger partial charge in [0.15, 0.2) is 11.5 Å². The van der Waals surface area contributed by atoms with E-state index in [0.717, 1.165) is 17.9 Å². The molecule has 4 heteroatoms. The molecule has 1 aromatic carbocycles. The highest BCUT2D eigenvalue weighted by atomic mass is 16.5. The summed E-state index contributed by atoms with van der Waals surface area (Å²) >= 11 is 0. The fraction of sp³-hybridized carbons (Fsp3) is 0.571. The molecule has 2 N–H and O–H groups in total. The van der Waals surface area contributed by atoms with E-state index in [0.29, 0.717) is 25.5 Å². The first-order valence-electron chi connectivity index (χ1n) is 6.51. The molecule has 0 saturated heterocycles. The van der Waals surface area contributed by atoms with Crippen molar-refractivity contribution in [3.8, 4) is 11.5 Å². The predicted molar refractivity (Wildman–Crippen MR) is 72.3 cm³/mol. The standard InChI is InChI=1S/C14H23NO3/c1-4-15-10-12(16)11-7-8-13(17-5-2)14(9-11)18-6-3/h7-9,12,15-16H,4-6,10H2,1-3H3. The van der Waals surface area contributed by atoms with Gasteiger partial charge in [0.1, 0.15) is 0 Å². The molecule has 0 aliphatic rings. The summed E-state index contributed by atoms with van der Waals surface area (Å²) in [5.74, 6) is 1.41. The number of hydrogen-bond donors (Lipinski definition) is 2. The molecule has 0 saturated carbocycles. The molecule has 18 heavy (non-hydrogen) atoms. The van der Waals surface area contributed by atoms with Gasteiger partial charge in [-0.05, 0) is 38.1 Å². The number of aliphatic hydroxyl groups is 1. The Morgan fingerprint density at radius 3 is 2.39 bits per heavy atom. The molecule has 1 unspecified atom stereocenters. The van der Waals surface area contributed by atoms with Gasteiger partial charge in [0.05, 0.1) is 19.3 Å². The van der Waals surface area contributed by atoms with E-state index in [9.17, 15) is 5.11 Å². The van der Waals surface area contributed by atoms with Crippen molar-refractivity contribution >= 4 is 0 Å². The number of rotatable bonds is 8. The van der Waals surface area contributed by atoms with E-state index >= 15 is 0 Å². The van der Waals surface area contributed by atoms with Gasteiger partial charge in [-0.3, -0.25) is 0 Å². The van der Waals surface area contributed by atoms with Crippen LogP contribution in [-0.4, -0.2) is 31.4 Å². The Balaban J connectivity index is 2.84. The second-order valence-corrected chi connectivity index (χ2v) is 3.90. The maximum atomic E-state index is 10.0. The first kappa shape index (κ1) is 14.8. The Morgan fingerprint density at radius 2 is 1.78 bits per heavy atom. The minimum atomic E-state index is -0.528. The predicted octanol–water partition coefficient (Wildman–Crippen LogP) is 2.13. The highest BCUT2D eigenvalue weighted by molar-refractivity contribution is 5.43.